The summed E-state index contributed by atoms with van der Waals surface area (Å²) in [4.78, 5) is 20.1. The normalized spacial score (nSPS) is 17.9. The molecule has 2 aliphatic rings. The fourth-order valence-electron chi connectivity index (χ4n) is 5.93. The molecule has 6 nitrogen and oxygen atoms in total. The zero-order valence-electron chi connectivity index (χ0n) is 21.5. The lowest BCUT2D eigenvalue weighted by Gasteiger charge is -2.28. The van der Waals surface area contributed by atoms with Crippen LogP contribution in [0.5, 0.6) is 0 Å². The smallest absolute Gasteiger partial charge is 0.274 e. The lowest BCUT2D eigenvalue weighted by atomic mass is 9.86. The Labute approximate surface area is 221 Å². The van der Waals surface area contributed by atoms with E-state index in [0.717, 1.165) is 48.1 Å². The molecule has 1 atom stereocenters. The zero-order chi connectivity index (χ0) is 25.7. The third-order valence-electron chi connectivity index (χ3n) is 7.61. The summed E-state index contributed by atoms with van der Waals surface area (Å²) in [7, 11) is 1.75. The summed E-state index contributed by atoms with van der Waals surface area (Å²) in [5.41, 5.74) is 7.55. The van der Waals surface area contributed by atoms with E-state index in [-0.39, 0.29) is 18.2 Å². The summed E-state index contributed by atoms with van der Waals surface area (Å²) >= 11 is 1.95. The van der Waals surface area contributed by atoms with Crippen molar-refractivity contribution < 1.29 is 5.11 Å². The van der Waals surface area contributed by atoms with Gasteiger partial charge in [0, 0.05) is 41.3 Å². The fraction of sp³-hybridized carbons (Fsp3) is 0.333. The van der Waals surface area contributed by atoms with Gasteiger partial charge < -0.3 is 20.3 Å². The number of aliphatic hydroxyl groups excluding tert-OH is 1. The number of hydrogen-bond donors (Lipinski definition) is 3. The van der Waals surface area contributed by atoms with Crippen LogP contribution in [0, 0.1) is 5.41 Å². The maximum atomic E-state index is 12.9. The number of aryl methyl sites for hydroxylation is 1. The Morgan fingerprint density at radius 1 is 1.19 bits per heavy atom. The van der Waals surface area contributed by atoms with Crippen molar-refractivity contribution in [1.29, 1.82) is 0 Å². The van der Waals surface area contributed by atoms with Gasteiger partial charge in [0.05, 0.1) is 12.6 Å². The van der Waals surface area contributed by atoms with Gasteiger partial charge in [0.2, 0.25) is 0 Å². The van der Waals surface area contributed by atoms with Crippen molar-refractivity contribution in [3.05, 3.63) is 97.2 Å². The second-order valence-corrected chi connectivity index (χ2v) is 12.1. The predicted molar refractivity (Wildman–Crippen MR) is 150 cm³/mol. The number of aromatic nitrogens is 2. The molecule has 6 rings (SSSR count). The van der Waals surface area contributed by atoms with Crippen LogP contribution in [0.25, 0.3) is 11.1 Å². The number of nitrogens with zero attached hydrogens (tertiary/aromatic N) is 2. The summed E-state index contributed by atoms with van der Waals surface area (Å²) in [6, 6.07) is 13.7. The highest BCUT2D eigenvalue weighted by atomic mass is 32.1. The first-order valence-corrected chi connectivity index (χ1v) is 13.6. The highest BCUT2D eigenvalue weighted by molar-refractivity contribution is 7.12. The molecule has 37 heavy (non-hydrogen) atoms. The molecule has 0 amide bonds. The molecule has 1 aliphatic heterocycles. The molecule has 190 valence electrons. The van der Waals surface area contributed by atoms with Crippen molar-refractivity contribution in [3.8, 4) is 11.1 Å². The van der Waals surface area contributed by atoms with E-state index in [2.05, 4.69) is 41.6 Å². The van der Waals surface area contributed by atoms with Gasteiger partial charge in [-0.15, -0.1) is 11.3 Å². The Bertz CT molecular complexity index is 1540. The van der Waals surface area contributed by atoms with Crippen LogP contribution in [0.2, 0.25) is 0 Å². The fourth-order valence-corrected chi connectivity index (χ4v) is 7.66. The average molecular weight is 513 g/mol. The number of nitrogens with one attached hydrogen (secondary N) is 2. The molecular formula is C30H32N4O2S. The van der Waals surface area contributed by atoms with Gasteiger partial charge in [0.1, 0.15) is 11.5 Å². The van der Waals surface area contributed by atoms with Crippen molar-refractivity contribution in [2.45, 2.75) is 45.8 Å². The van der Waals surface area contributed by atoms with E-state index in [4.69, 9.17) is 0 Å². The molecule has 7 heteroatoms. The van der Waals surface area contributed by atoms with Crippen LogP contribution in [-0.2, 0) is 32.9 Å². The van der Waals surface area contributed by atoms with E-state index in [1.54, 1.807) is 23.4 Å². The summed E-state index contributed by atoms with van der Waals surface area (Å²) in [5.74, 6) is 0.612. The number of thiophene rings is 1. The van der Waals surface area contributed by atoms with Crippen molar-refractivity contribution in [3.63, 3.8) is 0 Å². The largest absolute Gasteiger partial charge is 0.392 e. The molecule has 1 aliphatic carbocycles. The summed E-state index contributed by atoms with van der Waals surface area (Å²) in [6.45, 7) is 5.57. The molecule has 0 spiro atoms. The monoisotopic (exact) mass is 512 g/mol. The van der Waals surface area contributed by atoms with Gasteiger partial charge in [-0.25, -0.2) is 4.98 Å². The average Bonchev–Trinajstić information content (AvgIpc) is 3.38. The molecule has 4 aromatic rings. The SMILES string of the molecule is Cn1cc(-c2cccc(C3NCCc4c3sc3c4CC(C)(C)C3)c2CO)cc(Nc2ccccn2)c1=O. The second-order valence-electron chi connectivity index (χ2n) is 10.9. The predicted octanol–water partition coefficient (Wildman–Crippen LogP) is 5.10. The number of benzene rings is 1. The maximum absolute atomic E-state index is 12.9. The summed E-state index contributed by atoms with van der Waals surface area (Å²) in [6.07, 6.45) is 6.88. The number of anilines is 2. The standard InChI is InChI=1S/C30H32N4O2S/c1-30(2)14-22-21-10-12-32-27(28(21)37-25(22)15-30)20-8-6-7-19(23(20)17-35)18-13-24(29(36)34(3)16-18)33-26-9-4-5-11-31-26/h4-9,11,13,16,27,32,35H,10,12,14-15,17H2,1-3H3,(H,31,33). The van der Waals surface area contributed by atoms with Crippen LogP contribution in [0.15, 0.2) is 59.7 Å². The Kier molecular flexibility index (Phi) is 6.02. The molecule has 1 aromatic carbocycles. The first-order valence-electron chi connectivity index (χ1n) is 12.8. The van der Waals surface area contributed by atoms with Crippen molar-refractivity contribution in [2.24, 2.45) is 12.5 Å². The first-order chi connectivity index (χ1) is 17.8. The molecule has 4 heterocycles. The van der Waals surface area contributed by atoms with Gasteiger partial charge in [-0.2, -0.15) is 0 Å². The van der Waals surface area contributed by atoms with E-state index < -0.39 is 0 Å². The lowest BCUT2D eigenvalue weighted by molar-refractivity contribution is 0.280. The summed E-state index contributed by atoms with van der Waals surface area (Å²) < 4.78 is 1.58. The van der Waals surface area contributed by atoms with Gasteiger partial charge in [0.15, 0.2) is 0 Å². The number of fused-ring (bicyclic) bond motifs is 3. The van der Waals surface area contributed by atoms with E-state index in [9.17, 15) is 9.90 Å². The third kappa shape index (κ3) is 4.31. The molecule has 0 radical (unpaired) electrons. The Balaban J connectivity index is 1.42. The number of rotatable bonds is 5. The van der Waals surface area contributed by atoms with Crippen LogP contribution in [0.1, 0.15) is 51.9 Å². The quantitative estimate of drug-likeness (QED) is 0.347. The maximum Gasteiger partial charge on any atom is 0.274 e. The van der Waals surface area contributed by atoms with Crippen LogP contribution in [-0.4, -0.2) is 21.2 Å². The molecule has 3 N–H and O–H groups in total. The number of pyridine rings is 2. The molecule has 0 bridgehead atoms. The lowest BCUT2D eigenvalue weighted by Crippen LogP contribution is -2.31. The number of hydrogen-bond acceptors (Lipinski definition) is 6. The molecule has 0 saturated carbocycles. The van der Waals surface area contributed by atoms with Gasteiger partial charge in [0.25, 0.3) is 5.56 Å². The van der Waals surface area contributed by atoms with Crippen molar-refractivity contribution in [2.75, 3.05) is 11.9 Å². The third-order valence-corrected chi connectivity index (χ3v) is 8.95. The highest BCUT2D eigenvalue weighted by Gasteiger charge is 2.37. The van der Waals surface area contributed by atoms with E-state index >= 15 is 0 Å². The second kappa shape index (κ2) is 9.24. The Morgan fingerprint density at radius 3 is 2.84 bits per heavy atom. The first kappa shape index (κ1) is 24.1. The highest BCUT2D eigenvalue weighted by Crippen LogP contribution is 2.48. The van der Waals surface area contributed by atoms with Gasteiger partial charge in [-0.05, 0) is 70.7 Å². The van der Waals surface area contributed by atoms with E-state index in [1.165, 1.54) is 15.3 Å². The minimum Gasteiger partial charge on any atom is -0.392 e. The van der Waals surface area contributed by atoms with Gasteiger partial charge in [-0.1, -0.05) is 38.1 Å². The topological polar surface area (TPSA) is 79.2 Å². The number of aliphatic hydroxyl groups is 1. The van der Waals surface area contributed by atoms with Crippen LogP contribution in [0.3, 0.4) is 0 Å². The Morgan fingerprint density at radius 2 is 2.05 bits per heavy atom. The molecule has 0 saturated heterocycles. The van der Waals surface area contributed by atoms with Crippen molar-refractivity contribution in [1.82, 2.24) is 14.9 Å². The van der Waals surface area contributed by atoms with Crippen LogP contribution in [0.4, 0.5) is 11.5 Å². The van der Waals surface area contributed by atoms with Crippen LogP contribution < -0.4 is 16.2 Å². The minimum atomic E-state index is -0.134. The zero-order valence-corrected chi connectivity index (χ0v) is 22.3. The Hall–Kier alpha value is -3.26. The minimum absolute atomic E-state index is 0.0585. The van der Waals surface area contributed by atoms with E-state index in [1.807, 2.05) is 47.9 Å². The van der Waals surface area contributed by atoms with Crippen molar-refractivity contribution >= 4 is 22.8 Å². The molecule has 0 fully saturated rings. The summed E-state index contributed by atoms with van der Waals surface area (Å²) in [5, 5.41) is 17.5. The molecule has 3 aromatic heterocycles. The van der Waals surface area contributed by atoms with Gasteiger partial charge >= 0.3 is 0 Å². The van der Waals surface area contributed by atoms with Crippen LogP contribution >= 0.6 is 11.3 Å². The van der Waals surface area contributed by atoms with Gasteiger partial charge in [-0.3, -0.25) is 4.79 Å². The molecule has 1 unspecified atom stereocenters. The van der Waals surface area contributed by atoms with E-state index in [0.29, 0.717) is 16.9 Å². The molecular weight excluding hydrogens is 480 g/mol.